The minimum absolute atomic E-state index is 0.150. The number of methoxy groups -OCH3 is 1. The Labute approximate surface area is 59.7 Å². The van der Waals surface area contributed by atoms with Gasteiger partial charge in [-0.05, 0) is 6.42 Å². The van der Waals surface area contributed by atoms with Crippen LogP contribution in [0, 0.1) is 0 Å². The van der Waals surface area contributed by atoms with Gasteiger partial charge in [0.2, 0.25) is 5.91 Å². The molecule has 1 saturated heterocycles. The van der Waals surface area contributed by atoms with E-state index in [0.717, 1.165) is 6.54 Å². The van der Waals surface area contributed by atoms with Crippen LogP contribution in [0.4, 0.5) is 0 Å². The predicted molar refractivity (Wildman–Crippen MR) is 36.4 cm³/mol. The smallest absolute Gasteiger partial charge is 0.234 e. The molecule has 0 saturated carbocycles. The Balaban J connectivity index is 2.35. The topological polar surface area (TPSA) is 64.3 Å². The van der Waals surface area contributed by atoms with E-state index in [9.17, 15) is 4.79 Å². The fraction of sp³-hybridized carbons (Fsp3) is 0.833. The first kappa shape index (κ1) is 7.50. The number of ether oxygens (including phenoxy) is 1. The molecule has 2 atom stereocenters. The monoisotopic (exact) mass is 144 g/mol. The molecule has 1 fully saturated rings. The van der Waals surface area contributed by atoms with Gasteiger partial charge in [-0.1, -0.05) is 0 Å². The van der Waals surface area contributed by atoms with Crippen LogP contribution < -0.4 is 11.1 Å². The first-order valence-electron chi connectivity index (χ1n) is 3.29. The Hall–Kier alpha value is -0.610. The van der Waals surface area contributed by atoms with Gasteiger partial charge in [-0.3, -0.25) is 4.79 Å². The van der Waals surface area contributed by atoms with Crippen molar-refractivity contribution in [2.45, 2.75) is 18.6 Å². The summed E-state index contributed by atoms with van der Waals surface area (Å²) in [5.41, 5.74) is 5.06. The second kappa shape index (κ2) is 2.98. The molecule has 1 rings (SSSR count). The van der Waals surface area contributed by atoms with Crippen LogP contribution in [0.1, 0.15) is 6.42 Å². The lowest BCUT2D eigenvalue weighted by molar-refractivity contribution is -0.119. The summed E-state index contributed by atoms with van der Waals surface area (Å²) in [6.07, 6.45) is 0.851. The van der Waals surface area contributed by atoms with Crippen LogP contribution in [0.5, 0.6) is 0 Å². The number of carbonyl (C=O) groups excluding carboxylic acids is 1. The van der Waals surface area contributed by atoms with Crippen molar-refractivity contribution >= 4 is 5.91 Å². The second-order valence-electron chi connectivity index (χ2n) is 2.46. The molecule has 58 valence electrons. The van der Waals surface area contributed by atoms with Crippen molar-refractivity contribution < 1.29 is 9.53 Å². The molecule has 0 aromatic heterocycles. The predicted octanol–water partition coefficient (Wildman–Crippen LogP) is -1.15. The fourth-order valence-corrected chi connectivity index (χ4v) is 1.10. The van der Waals surface area contributed by atoms with Crippen LogP contribution in [0.3, 0.4) is 0 Å². The molecule has 4 nitrogen and oxygen atoms in total. The largest absolute Gasteiger partial charge is 0.380 e. The molecule has 0 aromatic carbocycles. The van der Waals surface area contributed by atoms with Gasteiger partial charge in [0.05, 0.1) is 12.1 Å². The van der Waals surface area contributed by atoms with Crippen LogP contribution in [-0.4, -0.2) is 31.7 Å². The fourth-order valence-electron chi connectivity index (χ4n) is 1.10. The summed E-state index contributed by atoms with van der Waals surface area (Å²) in [7, 11) is 1.63. The molecule has 1 aliphatic rings. The van der Waals surface area contributed by atoms with E-state index in [2.05, 4.69) is 5.32 Å². The van der Waals surface area contributed by atoms with Crippen molar-refractivity contribution in [2.24, 2.45) is 5.73 Å². The molecule has 1 heterocycles. The van der Waals surface area contributed by atoms with Crippen molar-refractivity contribution in [1.82, 2.24) is 5.32 Å². The summed E-state index contributed by atoms with van der Waals surface area (Å²) >= 11 is 0. The van der Waals surface area contributed by atoms with E-state index in [1.807, 2.05) is 0 Å². The van der Waals surface area contributed by atoms with Gasteiger partial charge in [-0.25, -0.2) is 0 Å². The van der Waals surface area contributed by atoms with Crippen molar-refractivity contribution in [2.75, 3.05) is 13.7 Å². The zero-order valence-corrected chi connectivity index (χ0v) is 5.96. The van der Waals surface area contributed by atoms with Crippen molar-refractivity contribution in [3.05, 3.63) is 0 Å². The highest BCUT2D eigenvalue weighted by Crippen LogP contribution is 2.08. The van der Waals surface area contributed by atoms with Gasteiger partial charge < -0.3 is 15.8 Å². The van der Waals surface area contributed by atoms with Gasteiger partial charge in [0.15, 0.2) is 0 Å². The number of amides is 1. The van der Waals surface area contributed by atoms with E-state index in [1.54, 1.807) is 7.11 Å². The molecule has 0 spiro atoms. The maximum atomic E-state index is 10.6. The summed E-state index contributed by atoms with van der Waals surface area (Å²) in [6, 6.07) is -0.190. The highest BCUT2D eigenvalue weighted by atomic mass is 16.5. The molecule has 1 amide bonds. The number of carbonyl (C=O) groups is 1. The highest BCUT2D eigenvalue weighted by Gasteiger charge is 2.27. The number of primary amides is 1. The van der Waals surface area contributed by atoms with E-state index in [0.29, 0.717) is 6.42 Å². The molecular formula is C6H12N2O2. The quantitative estimate of drug-likeness (QED) is 0.514. The molecule has 1 aliphatic heterocycles. The Kier molecular flexibility index (Phi) is 2.24. The van der Waals surface area contributed by atoms with Gasteiger partial charge in [-0.2, -0.15) is 0 Å². The van der Waals surface area contributed by atoms with Gasteiger partial charge in [0.1, 0.15) is 0 Å². The van der Waals surface area contributed by atoms with E-state index < -0.39 is 0 Å². The standard InChI is InChI=1S/C6H12N2O2/c1-10-4-2-5(6(7)9)8-3-4/h4-5,8H,2-3H2,1H3,(H2,7,9)/t4-,5+/m1/s1. The molecule has 0 aliphatic carbocycles. The summed E-state index contributed by atoms with van der Waals surface area (Å²) in [4.78, 5) is 10.6. The average molecular weight is 144 g/mol. The molecule has 0 bridgehead atoms. The lowest BCUT2D eigenvalue weighted by atomic mass is 10.2. The first-order valence-corrected chi connectivity index (χ1v) is 3.29. The molecular weight excluding hydrogens is 132 g/mol. The minimum Gasteiger partial charge on any atom is -0.380 e. The molecule has 0 radical (unpaired) electrons. The maximum Gasteiger partial charge on any atom is 0.234 e. The average Bonchev–Trinajstić information content (AvgIpc) is 2.34. The lowest BCUT2D eigenvalue weighted by Crippen LogP contribution is -2.36. The number of hydrogen-bond acceptors (Lipinski definition) is 3. The number of rotatable bonds is 2. The Morgan fingerprint density at radius 2 is 2.50 bits per heavy atom. The molecule has 0 unspecified atom stereocenters. The third-order valence-corrected chi connectivity index (χ3v) is 1.77. The van der Waals surface area contributed by atoms with Crippen molar-refractivity contribution in [3.8, 4) is 0 Å². The summed E-state index contributed by atoms with van der Waals surface area (Å²) in [5, 5.41) is 2.96. The lowest BCUT2D eigenvalue weighted by Gasteiger charge is -2.04. The van der Waals surface area contributed by atoms with Crippen LogP contribution >= 0.6 is 0 Å². The summed E-state index contributed by atoms with van der Waals surface area (Å²) in [5.74, 6) is -0.292. The highest BCUT2D eigenvalue weighted by molar-refractivity contribution is 5.80. The summed E-state index contributed by atoms with van der Waals surface area (Å²) < 4.78 is 5.02. The van der Waals surface area contributed by atoms with Crippen LogP contribution in [0.2, 0.25) is 0 Å². The number of nitrogens with two attached hydrogens (primary N) is 1. The second-order valence-corrected chi connectivity index (χ2v) is 2.46. The van der Waals surface area contributed by atoms with E-state index in [4.69, 9.17) is 10.5 Å². The SMILES string of the molecule is CO[C@H]1CN[C@H](C(N)=O)C1. The molecule has 4 heteroatoms. The van der Waals surface area contributed by atoms with Gasteiger partial charge in [-0.15, -0.1) is 0 Å². The molecule has 0 aromatic rings. The van der Waals surface area contributed by atoms with Crippen LogP contribution in [-0.2, 0) is 9.53 Å². The van der Waals surface area contributed by atoms with Crippen LogP contribution in [0.25, 0.3) is 0 Å². The Morgan fingerprint density at radius 3 is 2.80 bits per heavy atom. The van der Waals surface area contributed by atoms with E-state index >= 15 is 0 Å². The number of nitrogens with one attached hydrogen (secondary N) is 1. The van der Waals surface area contributed by atoms with Gasteiger partial charge in [0.25, 0.3) is 0 Å². The van der Waals surface area contributed by atoms with E-state index in [1.165, 1.54) is 0 Å². The van der Waals surface area contributed by atoms with Crippen molar-refractivity contribution in [1.29, 1.82) is 0 Å². The summed E-state index contributed by atoms with van der Waals surface area (Å²) in [6.45, 7) is 0.726. The maximum absolute atomic E-state index is 10.6. The van der Waals surface area contributed by atoms with E-state index in [-0.39, 0.29) is 18.1 Å². The zero-order valence-electron chi connectivity index (χ0n) is 5.96. The third-order valence-electron chi connectivity index (χ3n) is 1.77. The normalized spacial score (nSPS) is 32.5. The molecule has 10 heavy (non-hydrogen) atoms. The van der Waals surface area contributed by atoms with Crippen LogP contribution in [0.15, 0.2) is 0 Å². The van der Waals surface area contributed by atoms with Crippen molar-refractivity contribution in [3.63, 3.8) is 0 Å². The zero-order chi connectivity index (χ0) is 7.56. The first-order chi connectivity index (χ1) is 4.74. The van der Waals surface area contributed by atoms with Gasteiger partial charge in [0, 0.05) is 13.7 Å². The Morgan fingerprint density at radius 1 is 1.80 bits per heavy atom. The molecule has 3 N–H and O–H groups in total. The minimum atomic E-state index is -0.292. The third kappa shape index (κ3) is 1.46. The Bertz CT molecular complexity index is 138. The van der Waals surface area contributed by atoms with Gasteiger partial charge >= 0.3 is 0 Å². The number of hydrogen-bond donors (Lipinski definition) is 2.